The lowest BCUT2D eigenvalue weighted by atomic mass is 10.3. The third-order valence-corrected chi connectivity index (χ3v) is 6.31. The number of halogens is 1. The highest BCUT2D eigenvalue weighted by Gasteiger charge is 2.20. The van der Waals surface area contributed by atoms with Crippen molar-refractivity contribution in [2.75, 3.05) is 4.72 Å². The first-order chi connectivity index (χ1) is 12.8. The number of pyridine rings is 1. The van der Waals surface area contributed by atoms with Crippen LogP contribution in [0.15, 0.2) is 53.6 Å². The molecule has 7 nitrogen and oxygen atoms in total. The highest BCUT2D eigenvalue weighted by molar-refractivity contribution is 7.93. The van der Waals surface area contributed by atoms with Crippen molar-refractivity contribution in [3.05, 3.63) is 69.9 Å². The number of sulfonamides is 1. The van der Waals surface area contributed by atoms with Crippen LogP contribution in [0, 0.1) is 6.92 Å². The maximum absolute atomic E-state index is 12.4. The SMILES string of the molecule is Cc1nc(NS(=O)(=O)c2ccc(Cl)cc2)sc1C(=O)NCc1ccccn1. The Morgan fingerprint density at radius 2 is 1.93 bits per heavy atom. The van der Waals surface area contributed by atoms with Gasteiger partial charge in [0.05, 0.1) is 22.8 Å². The van der Waals surface area contributed by atoms with Crippen molar-refractivity contribution in [2.24, 2.45) is 0 Å². The molecule has 2 N–H and O–H groups in total. The number of rotatable bonds is 6. The minimum absolute atomic E-state index is 0.0564. The Bertz CT molecular complexity index is 1050. The van der Waals surface area contributed by atoms with Crippen molar-refractivity contribution in [2.45, 2.75) is 18.4 Å². The number of nitrogens with one attached hydrogen (secondary N) is 2. The molecule has 0 spiro atoms. The van der Waals surface area contributed by atoms with Crippen LogP contribution in [0.2, 0.25) is 5.02 Å². The summed E-state index contributed by atoms with van der Waals surface area (Å²) in [7, 11) is -3.82. The Kier molecular flexibility index (Phi) is 5.73. The molecule has 0 unspecified atom stereocenters. The summed E-state index contributed by atoms with van der Waals surface area (Å²) in [6.45, 7) is 1.91. The van der Waals surface area contributed by atoms with Crippen molar-refractivity contribution >= 4 is 44.0 Å². The average Bonchev–Trinajstić information content (AvgIpc) is 3.00. The van der Waals surface area contributed by atoms with Gasteiger partial charge in [-0.25, -0.2) is 13.4 Å². The van der Waals surface area contributed by atoms with Crippen LogP contribution in [0.4, 0.5) is 5.13 Å². The summed E-state index contributed by atoms with van der Waals surface area (Å²) in [5, 5.41) is 3.30. The highest BCUT2D eigenvalue weighted by Crippen LogP contribution is 2.25. The second-order valence-corrected chi connectivity index (χ2v) is 8.61. The quantitative estimate of drug-likeness (QED) is 0.635. The topological polar surface area (TPSA) is 101 Å². The van der Waals surface area contributed by atoms with Crippen LogP contribution in [-0.4, -0.2) is 24.3 Å². The first-order valence-electron chi connectivity index (χ1n) is 7.79. The molecule has 0 saturated heterocycles. The van der Waals surface area contributed by atoms with E-state index in [0.29, 0.717) is 15.6 Å². The standard InChI is InChI=1S/C17H15ClN4O3S2/c1-11-15(16(23)20-10-13-4-2-3-9-19-13)26-17(21-11)22-27(24,25)14-7-5-12(18)6-8-14/h2-9H,10H2,1H3,(H,20,23)(H,21,22). The zero-order valence-electron chi connectivity index (χ0n) is 14.1. The van der Waals surface area contributed by atoms with Crippen LogP contribution in [-0.2, 0) is 16.6 Å². The van der Waals surface area contributed by atoms with Crippen molar-refractivity contribution in [3.63, 3.8) is 0 Å². The van der Waals surface area contributed by atoms with Crippen molar-refractivity contribution < 1.29 is 13.2 Å². The van der Waals surface area contributed by atoms with Gasteiger partial charge in [0.25, 0.3) is 15.9 Å². The molecular weight excluding hydrogens is 408 g/mol. The van der Waals surface area contributed by atoms with Gasteiger partial charge in [0.15, 0.2) is 5.13 Å². The fourth-order valence-electron chi connectivity index (χ4n) is 2.19. The van der Waals surface area contributed by atoms with E-state index >= 15 is 0 Å². The summed E-state index contributed by atoms with van der Waals surface area (Å²) in [6, 6.07) is 11.2. The molecular formula is C17H15ClN4O3S2. The van der Waals surface area contributed by atoms with Gasteiger partial charge in [-0.3, -0.25) is 14.5 Å². The third-order valence-electron chi connectivity index (χ3n) is 3.50. The first-order valence-corrected chi connectivity index (χ1v) is 10.5. The number of amides is 1. The Labute approximate surface area is 165 Å². The summed E-state index contributed by atoms with van der Waals surface area (Å²) in [5.74, 6) is -0.340. The average molecular weight is 423 g/mol. The fraction of sp³-hybridized carbons (Fsp3) is 0.118. The largest absolute Gasteiger partial charge is 0.346 e. The third kappa shape index (κ3) is 4.82. The Hall–Kier alpha value is -2.49. The van der Waals surface area contributed by atoms with Crippen LogP contribution in [0.25, 0.3) is 0 Å². The molecule has 1 amide bonds. The van der Waals surface area contributed by atoms with E-state index in [1.165, 1.54) is 24.3 Å². The van der Waals surface area contributed by atoms with E-state index in [-0.39, 0.29) is 22.5 Å². The van der Waals surface area contributed by atoms with Gasteiger partial charge in [0.1, 0.15) is 4.88 Å². The van der Waals surface area contributed by atoms with Gasteiger partial charge in [0, 0.05) is 11.2 Å². The Balaban J connectivity index is 1.72. The number of aryl methyl sites for hydroxylation is 1. The van der Waals surface area contributed by atoms with Crippen LogP contribution in [0.5, 0.6) is 0 Å². The molecule has 2 heterocycles. The monoisotopic (exact) mass is 422 g/mol. The fourth-order valence-corrected chi connectivity index (χ4v) is 4.44. The molecule has 2 aromatic heterocycles. The molecule has 1 aromatic carbocycles. The molecule has 140 valence electrons. The van der Waals surface area contributed by atoms with E-state index < -0.39 is 10.0 Å². The number of nitrogens with zero attached hydrogens (tertiary/aromatic N) is 2. The van der Waals surface area contributed by atoms with Crippen LogP contribution < -0.4 is 10.0 Å². The van der Waals surface area contributed by atoms with Gasteiger partial charge < -0.3 is 5.32 Å². The van der Waals surface area contributed by atoms with Gasteiger partial charge in [0.2, 0.25) is 0 Å². The first kappa shape index (κ1) is 19.3. The minimum atomic E-state index is -3.82. The smallest absolute Gasteiger partial charge is 0.263 e. The van der Waals surface area contributed by atoms with Crippen LogP contribution >= 0.6 is 22.9 Å². The number of hydrogen-bond donors (Lipinski definition) is 2. The highest BCUT2D eigenvalue weighted by atomic mass is 35.5. The normalized spacial score (nSPS) is 11.2. The Morgan fingerprint density at radius 3 is 2.59 bits per heavy atom. The molecule has 0 aliphatic heterocycles. The van der Waals surface area contributed by atoms with E-state index in [0.717, 1.165) is 17.0 Å². The summed E-state index contributed by atoms with van der Waals surface area (Å²) in [4.78, 5) is 21.0. The van der Waals surface area contributed by atoms with Gasteiger partial charge in [-0.05, 0) is 43.3 Å². The molecule has 3 rings (SSSR count). The summed E-state index contributed by atoms with van der Waals surface area (Å²) in [5.41, 5.74) is 1.16. The maximum atomic E-state index is 12.4. The molecule has 0 atom stereocenters. The van der Waals surface area contributed by atoms with Crippen LogP contribution in [0.1, 0.15) is 21.1 Å². The van der Waals surface area contributed by atoms with Gasteiger partial charge in [-0.1, -0.05) is 29.0 Å². The van der Waals surface area contributed by atoms with E-state index in [1.807, 2.05) is 6.07 Å². The zero-order valence-corrected chi connectivity index (χ0v) is 16.5. The van der Waals surface area contributed by atoms with Crippen molar-refractivity contribution in [1.29, 1.82) is 0 Å². The van der Waals surface area contributed by atoms with E-state index in [9.17, 15) is 13.2 Å². The molecule has 0 aliphatic rings. The number of aromatic nitrogens is 2. The number of benzene rings is 1. The second-order valence-electron chi connectivity index (χ2n) is 5.50. The lowest BCUT2D eigenvalue weighted by molar-refractivity contribution is 0.0953. The van der Waals surface area contributed by atoms with Gasteiger partial charge in [-0.2, -0.15) is 0 Å². The summed E-state index contributed by atoms with van der Waals surface area (Å²) < 4.78 is 27.2. The molecule has 0 radical (unpaired) electrons. The van der Waals surface area contributed by atoms with E-state index in [2.05, 4.69) is 20.0 Å². The van der Waals surface area contributed by atoms with E-state index in [1.54, 1.807) is 25.3 Å². The number of thiazole rings is 1. The molecule has 0 bridgehead atoms. The number of carbonyl (C=O) groups is 1. The van der Waals surface area contributed by atoms with Crippen molar-refractivity contribution in [1.82, 2.24) is 15.3 Å². The molecule has 10 heteroatoms. The molecule has 0 aliphatic carbocycles. The van der Waals surface area contributed by atoms with E-state index in [4.69, 9.17) is 11.6 Å². The summed E-state index contributed by atoms with van der Waals surface area (Å²) >= 11 is 6.75. The van der Waals surface area contributed by atoms with Crippen LogP contribution in [0.3, 0.4) is 0 Å². The Morgan fingerprint density at radius 1 is 1.19 bits per heavy atom. The predicted octanol–water partition coefficient (Wildman–Crippen LogP) is 3.23. The molecule has 0 saturated carbocycles. The number of hydrogen-bond acceptors (Lipinski definition) is 6. The zero-order chi connectivity index (χ0) is 19.4. The minimum Gasteiger partial charge on any atom is -0.346 e. The van der Waals surface area contributed by atoms with Crippen molar-refractivity contribution in [3.8, 4) is 0 Å². The number of carbonyl (C=O) groups excluding carboxylic acids is 1. The second kappa shape index (κ2) is 8.03. The lowest BCUT2D eigenvalue weighted by Crippen LogP contribution is -2.23. The predicted molar refractivity (Wildman–Crippen MR) is 105 cm³/mol. The van der Waals surface area contributed by atoms with Gasteiger partial charge in [-0.15, -0.1) is 0 Å². The lowest BCUT2D eigenvalue weighted by Gasteiger charge is -2.05. The van der Waals surface area contributed by atoms with Gasteiger partial charge >= 0.3 is 0 Å². The molecule has 3 aromatic rings. The number of anilines is 1. The molecule has 0 fully saturated rings. The molecule has 27 heavy (non-hydrogen) atoms. The maximum Gasteiger partial charge on any atom is 0.263 e. The summed E-state index contributed by atoms with van der Waals surface area (Å²) in [6.07, 6.45) is 1.64.